The molecule has 86 valence electrons. The Kier molecular flexibility index (Phi) is 3.29. The standard InChI is InChI=1S/C12H16N2O2/c13-12(14-15)7-9-3-5-11(6-4-9)16-8-10-1-2-10/h3-6,10,15H,1-2,7-8H2,(H2,13,14). The number of nitrogens with zero attached hydrogens (tertiary/aromatic N) is 1. The Balaban J connectivity index is 1.87. The molecule has 1 aromatic rings. The molecule has 3 N–H and O–H groups in total. The Hall–Kier alpha value is -1.71. The van der Waals surface area contributed by atoms with E-state index in [0.717, 1.165) is 23.8 Å². The molecule has 0 atom stereocenters. The second-order valence-corrected chi connectivity index (χ2v) is 4.17. The molecule has 4 nitrogen and oxygen atoms in total. The average molecular weight is 220 g/mol. The van der Waals surface area contributed by atoms with Crippen LogP contribution in [0.25, 0.3) is 0 Å². The van der Waals surface area contributed by atoms with E-state index in [2.05, 4.69) is 5.16 Å². The van der Waals surface area contributed by atoms with Crippen LogP contribution in [0.15, 0.2) is 29.4 Å². The summed E-state index contributed by atoms with van der Waals surface area (Å²) in [6.45, 7) is 0.819. The first kappa shape index (κ1) is 10.8. The summed E-state index contributed by atoms with van der Waals surface area (Å²) in [6, 6.07) is 7.70. The van der Waals surface area contributed by atoms with E-state index in [9.17, 15) is 0 Å². The van der Waals surface area contributed by atoms with Crippen LogP contribution in [0.1, 0.15) is 18.4 Å². The Morgan fingerprint density at radius 3 is 2.62 bits per heavy atom. The largest absolute Gasteiger partial charge is 0.493 e. The number of hydrogen-bond donors (Lipinski definition) is 2. The summed E-state index contributed by atoms with van der Waals surface area (Å²) < 4.78 is 5.61. The first-order chi connectivity index (χ1) is 7.78. The molecule has 2 rings (SSSR count). The van der Waals surface area contributed by atoms with Crippen LogP contribution in [0.2, 0.25) is 0 Å². The summed E-state index contributed by atoms with van der Waals surface area (Å²) in [5.74, 6) is 1.86. The van der Waals surface area contributed by atoms with Crippen LogP contribution >= 0.6 is 0 Å². The van der Waals surface area contributed by atoms with Gasteiger partial charge in [0, 0.05) is 6.42 Å². The molecule has 1 aromatic carbocycles. The lowest BCUT2D eigenvalue weighted by atomic mass is 10.1. The molecule has 0 radical (unpaired) electrons. The molecule has 4 heteroatoms. The van der Waals surface area contributed by atoms with Gasteiger partial charge in [0.25, 0.3) is 0 Å². The third-order valence-corrected chi connectivity index (χ3v) is 2.62. The van der Waals surface area contributed by atoms with Gasteiger partial charge in [-0.3, -0.25) is 0 Å². The molecular formula is C12H16N2O2. The van der Waals surface area contributed by atoms with Crippen molar-refractivity contribution in [2.75, 3.05) is 6.61 Å². The highest BCUT2D eigenvalue weighted by Gasteiger charge is 2.21. The predicted molar refractivity (Wildman–Crippen MR) is 61.8 cm³/mol. The lowest BCUT2D eigenvalue weighted by molar-refractivity contribution is 0.299. The van der Waals surface area contributed by atoms with Crippen LogP contribution in [0, 0.1) is 5.92 Å². The van der Waals surface area contributed by atoms with Gasteiger partial charge in [0.1, 0.15) is 11.6 Å². The van der Waals surface area contributed by atoms with Crippen LogP contribution in [0.4, 0.5) is 0 Å². The normalized spacial score (nSPS) is 16.1. The van der Waals surface area contributed by atoms with Crippen LogP contribution in [-0.4, -0.2) is 17.6 Å². The molecule has 1 aliphatic rings. The number of amidine groups is 1. The molecule has 0 saturated heterocycles. The van der Waals surface area contributed by atoms with Gasteiger partial charge in [-0.25, -0.2) is 0 Å². The van der Waals surface area contributed by atoms with E-state index < -0.39 is 0 Å². The topological polar surface area (TPSA) is 67.8 Å². The van der Waals surface area contributed by atoms with E-state index in [1.807, 2.05) is 24.3 Å². The number of ether oxygens (including phenoxy) is 1. The zero-order chi connectivity index (χ0) is 11.4. The fourth-order valence-electron chi connectivity index (χ4n) is 1.45. The maximum Gasteiger partial charge on any atom is 0.143 e. The highest BCUT2D eigenvalue weighted by Crippen LogP contribution is 2.29. The number of rotatable bonds is 5. The van der Waals surface area contributed by atoms with Crippen LogP contribution < -0.4 is 10.5 Å². The van der Waals surface area contributed by atoms with Crippen LogP contribution in [0.3, 0.4) is 0 Å². The van der Waals surface area contributed by atoms with E-state index in [1.54, 1.807) is 0 Å². The number of benzene rings is 1. The van der Waals surface area contributed by atoms with Crippen molar-refractivity contribution in [3.05, 3.63) is 29.8 Å². The Morgan fingerprint density at radius 2 is 2.06 bits per heavy atom. The van der Waals surface area contributed by atoms with Crippen LogP contribution in [-0.2, 0) is 6.42 Å². The summed E-state index contributed by atoms with van der Waals surface area (Å²) in [6.07, 6.45) is 3.04. The minimum atomic E-state index is 0.214. The van der Waals surface area contributed by atoms with E-state index >= 15 is 0 Å². The zero-order valence-corrected chi connectivity index (χ0v) is 9.10. The van der Waals surface area contributed by atoms with Gasteiger partial charge in [-0.2, -0.15) is 0 Å². The Bertz CT molecular complexity index is 369. The predicted octanol–water partition coefficient (Wildman–Crippen LogP) is 1.76. The molecule has 0 spiro atoms. The van der Waals surface area contributed by atoms with Crippen molar-refractivity contribution in [1.82, 2.24) is 0 Å². The fourth-order valence-corrected chi connectivity index (χ4v) is 1.45. The molecule has 16 heavy (non-hydrogen) atoms. The first-order valence-electron chi connectivity index (χ1n) is 5.46. The molecule has 0 aromatic heterocycles. The minimum absolute atomic E-state index is 0.214. The second kappa shape index (κ2) is 4.88. The van der Waals surface area contributed by atoms with E-state index in [4.69, 9.17) is 15.7 Å². The molecule has 0 aliphatic heterocycles. The maximum atomic E-state index is 8.44. The van der Waals surface area contributed by atoms with Crippen molar-refractivity contribution in [3.63, 3.8) is 0 Å². The quantitative estimate of drug-likeness (QED) is 0.344. The summed E-state index contributed by atoms with van der Waals surface area (Å²) in [5, 5.41) is 11.4. The number of oxime groups is 1. The van der Waals surface area contributed by atoms with Gasteiger partial charge in [0.2, 0.25) is 0 Å². The average Bonchev–Trinajstić information content (AvgIpc) is 3.12. The number of nitrogens with two attached hydrogens (primary N) is 1. The van der Waals surface area contributed by atoms with Gasteiger partial charge in [0.05, 0.1) is 6.61 Å². The zero-order valence-electron chi connectivity index (χ0n) is 9.10. The lowest BCUT2D eigenvalue weighted by Crippen LogP contribution is -2.14. The van der Waals surface area contributed by atoms with Crippen molar-refractivity contribution >= 4 is 5.84 Å². The van der Waals surface area contributed by atoms with Crippen molar-refractivity contribution in [1.29, 1.82) is 0 Å². The van der Waals surface area contributed by atoms with E-state index in [0.29, 0.717) is 6.42 Å². The van der Waals surface area contributed by atoms with E-state index in [-0.39, 0.29) is 5.84 Å². The van der Waals surface area contributed by atoms with E-state index in [1.165, 1.54) is 12.8 Å². The monoisotopic (exact) mass is 220 g/mol. The molecule has 1 fully saturated rings. The third kappa shape index (κ3) is 3.15. The molecule has 0 amide bonds. The van der Waals surface area contributed by atoms with Crippen molar-refractivity contribution < 1.29 is 9.94 Å². The molecule has 1 aliphatic carbocycles. The maximum absolute atomic E-state index is 8.44. The summed E-state index contributed by atoms with van der Waals surface area (Å²) in [5.41, 5.74) is 6.43. The number of hydrogen-bond acceptors (Lipinski definition) is 3. The van der Waals surface area contributed by atoms with Crippen molar-refractivity contribution in [2.45, 2.75) is 19.3 Å². The molecular weight excluding hydrogens is 204 g/mol. The van der Waals surface area contributed by atoms with Gasteiger partial charge >= 0.3 is 0 Å². The Labute approximate surface area is 94.7 Å². The van der Waals surface area contributed by atoms with Crippen LogP contribution in [0.5, 0.6) is 5.75 Å². The van der Waals surface area contributed by atoms with Crippen molar-refractivity contribution in [2.24, 2.45) is 16.8 Å². The second-order valence-electron chi connectivity index (χ2n) is 4.17. The fraction of sp³-hybridized carbons (Fsp3) is 0.417. The summed E-state index contributed by atoms with van der Waals surface area (Å²) >= 11 is 0. The van der Waals surface area contributed by atoms with Gasteiger partial charge in [0.15, 0.2) is 0 Å². The Morgan fingerprint density at radius 1 is 1.38 bits per heavy atom. The van der Waals surface area contributed by atoms with Crippen molar-refractivity contribution in [3.8, 4) is 5.75 Å². The van der Waals surface area contributed by atoms with Gasteiger partial charge in [-0.1, -0.05) is 17.3 Å². The molecule has 1 saturated carbocycles. The highest BCUT2D eigenvalue weighted by atomic mass is 16.5. The molecule has 0 bridgehead atoms. The SMILES string of the molecule is N/C(Cc1ccc(OCC2CC2)cc1)=N\O. The summed E-state index contributed by atoms with van der Waals surface area (Å²) in [4.78, 5) is 0. The third-order valence-electron chi connectivity index (χ3n) is 2.62. The highest BCUT2D eigenvalue weighted by molar-refractivity contribution is 5.81. The molecule has 0 heterocycles. The smallest absolute Gasteiger partial charge is 0.143 e. The minimum Gasteiger partial charge on any atom is -0.493 e. The molecule has 0 unspecified atom stereocenters. The first-order valence-corrected chi connectivity index (χ1v) is 5.46. The summed E-state index contributed by atoms with van der Waals surface area (Å²) in [7, 11) is 0. The van der Waals surface area contributed by atoms with Gasteiger partial charge in [-0.15, -0.1) is 0 Å². The lowest BCUT2D eigenvalue weighted by Gasteiger charge is -2.06. The van der Waals surface area contributed by atoms with Gasteiger partial charge in [-0.05, 0) is 36.5 Å². The van der Waals surface area contributed by atoms with Gasteiger partial charge < -0.3 is 15.7 Å².